The average molecular weight is 116 g/mol. The van der Waals surface area contributed by atoms with E-state index in [-0.39, 0.29) is 0 Å². The van der Waals surface area contributed by atoms with Crippen LogP contribution in [-0.4, -0.2) is 12.6 Å². The van der Waals surface area contributed by atoms with E-state index in [1.165, 1.54) is 0 Å². The molecular formula is C5H10NO2. The molecular weight excluding hydrogens is 106 g/mol. The second kappa shape index (κ2) is 4.43. The van der Waals surface area contributed by atoms with Crippen molar-refractivity contribution >= 4 is 6.09 Å². The number of amides is 1. The van der Waals surface area contributed by atoms with Gasteiger partial charge in [-0.2, -0.15) is 0 Å². The lowest BCUT2D eigenvalue weighted by atomic mass is 10.3. The van der Waals surface area contributed by atoms with E-state index in [0.29, 0.717) is 6.54 Å². The molecule has 8 heavy (non-hydrogen) atoms. The molecule has 0 aromatic rings. The van der Waals surface area contributed by atoms with Crippen molar-refractivity contribution in [2.45, 2.75) is 19.8 Å². The molecule has 0 atom stereocenters. The predicted molar refractivity (Wildman–Crippen MR) is 29.0 cm³/mol. The minimum atomic E-state index is -1.18. The highest BCUT2D eigenvalue weighted by molar-refractivity contribution is 5.63. The predicted octanol–water partition coefficient (Wildman–Crippen LogP) is 0.927. The smallest absolute Gasteiger partial charge is 0.318 e. The van der Waals surface area contributed by atoms with Crippen LogP contribution in [0.2, 0.25) is 0 Å². The van der Waals surface area contributed by atoms with E-state index < -0.39 is 6.09 Å². The van der Waals surface area contributed by atoms with Gasteiger partial charge in [0.15, 0.2) is 0 Å². The summed E-state index contributed by atoms with van der Waals surface area (Å²) in [6.45, 7) is 2.51. The van der Waals surface area contributed by atoms with Gasteiger partial charge in [0.05, 0.1) is 0 Å². The maximum Gasteiger partial charge on any atom is 0.450 e. The Balaban J connectivity index is 2.82. The summed E-state index contributed by atoms with van der Waals surface area (Å²) in [5.41, 5.74) is 0. The number of nitrogens with one attached hydrogen (secondary N) is 1. The molecule has 0 heterocycles. The number of hydrogen-bond acceptors (Lipinski definition) is 1. The van der Waals surface area contributed by atoms with Crippen LogP contribution in [-0.2, 0) is 5.11 Å². The Morgan fingerprint density at radius 3 is 2.62 bits per heavy atom. The van der Waals surface area contributed by atoms with Gasteiger partial charge in [-0.3, -0.25) is 0 Å². The molecule has 1 radical (unpaired) electrons. The Labute approximate surface area is 48.7 Å². The van der Waals surface area contributed by atoms with Crippen LogP contribution in [0.15, 0.2) is 0 Å². The molecule has 1 amide bonds. The summed E-state index contributed by atoms with van der Waals surface area (Å²) in [7, 11) is 0. The molecule has 47 valence electrons. The topological polar surface area (TPSA) is 49.0 Å². The first kappa shape index (κ1) is 7.27. The van der Waals surface area contributed by atoms with Crippen LogP contribution in [0.1, 0.15) is 19.8 Å². The molecule has 0 aromatic heterocycles. The van der Waals surface area contributed by atoms with Gasteiger partial charge in [-0.15, -0.1) is 0 Å². The fourth-order valence-corrected chi connectivity index (χ4v) is 0.367. The van der Waals surface area contributed by atoms with Crippen molar-refractivity contribution in [3.63, 3.8) is 0 Å². The average Bonchev–Trinajstić information content (AvgIpc) is 1.66. The maximum absolute atomic E-state index is 9.65. The zero-order valence-corrected chi connectivity index (χ0v) is 4.94. The van der Waals surface area contributed by atoms with Crippen molar-refractivity contribution in [1.82, 2.24) is 5.32 Å². The van der Waals surface area contributed by atoms with E-state index in [0.717, 1.165) is 12.8 Å². The Hall–Kier alpha value is -0.730. The highest BCUT2D eigenvalue weighted by Crippen LogP contribution is 1.81. The van der Waals surface area contributed by atoms with Crippen LogP contribution in [0.3, 0.4) is 0 Å². The molecule has 0 saturated carbocycles. The third-order valence-electron chi connectivity index (χ3n) is 0.800. The minimum Gasteiger partial charge on any atom is -0.318 e. The van der Waals surface area contributed by atoms with E-state index in [9.17, 15) is 9.90 Å². The molecule has 1 N–H and O–H groups in total. The lowest BCUT2D eigenvalue weighted by molar-refractivity contribution is 0.168. The van der Waals surface area contributed by atoms with Gasteiger partial charge in [-0.1, -0.05) is 13.3 Å². The van der Waals surface area contributed by atoms with Gasteiger partial charge in [0.2, 0.25) is 0 Å². The summed E-state index contributed by atoms with van der Waals surface area (Å²) in [4.78, 5) is 9.65. The summed E-state index contributed by atoms with van der Waals surface area (Å²) in [5.74, 6) is 0. The second-order valence-corrected chi connectivity index (χ2v) is 1.57. The summed E-state index contributed by atoms with van der Waals surface area (Å²) < 4.78 is 0. The second-order valence-electron chi connectivity index (χ2n) is 1.57. The normalized spacial score (nSPS) is 8.62. The number of hydrogen-bond donors (Lipinski definition) is 1. The zero-order valence-electron chi connectivity index (χ0n) is 4.94. The summed E-state index contributed by atoms with van der Waals surface area (Å²) in [5, 5.41) is 11.8. The molecule has 0 aliphatic heterocycles. The first-order valence-electron chi connectivity index (χ1n) is 2.72. The molecule has 0 aliphatic rings. The van der Waals surface area contributed by atoms with E-state index in [2.05, 4.69) is 5.32 Å². The van der Waals surface area contributed by atoms with Crippen molar-refractivity contribution in [2.75, 3.05) is 6.54 Å². The van der Waals surface area contributed by atoms with Crippen molar-refractivity contribution in [3.8, 4) is 0 Å². The number of unbranched alkanes of at least 4 members (excludes halogenated alkanes) is 1. The van der Waals surface area contributed by atoms with E-state index in [4.69, 9.17) is 0 Å². The van der Waals surface area contributed by atoms with Crippen LogP contribution in [0.4, 0.5) is 4.79 Å². The molecule has 0 rings (SSSR count). The van der Waals surface area contributed by atoms with E-state index in [1.807, 2.05) is 6.92 Å². The van der Waals surface area contributed by atoms with Crippen molar-refractivity contribution < 1.29 is 9.90 Å². The Morgan fingerprint density at radius 1 is 1.62 bits per heavy atom. The van der Waals surface area contributed by atoms with Gasteiger partial charge in [0, 0.05) is 6.54 Å². The van der Waals surface area contributed by atoms with Crippen molar-refractivity contribution in [2.24, 2.45) is 0 Å². The monoisotopic (exact) mass is 116 g/mol. The Morgan fingerprint density at radius 2 is 2.25 bits per heavy atom. The maximum atomic E-state index is 9.65. The third kappa shape index (κ3) is 5.27. The Kier molecular flexibility index (Phi) is 4.03. The van der Waals surface area contributed by atoms with Crippen LogP contribution >= 0.6 is 0 Å². The van der Waals surface area contributed by atoms with Gasteiger partial charge in [-0.25, -0.2) is 9.90 Å². The SMILES string of the molecule is CCCCNC([O])=O. The molecule has 3 nitrogen and oxygen atoms in total. The van der Waals surface area contributed by atoms with Gasteiger partial charge in [0.25, 0.3) is 0 Å². The van der Waals surface area contributed by atoms with Gasteiger partial charge in [-0.05, 0) is 6.42 Å². The number of rotatable bonds is 3. The van der Waals surface area contributed by atoms with Crippen LogP contribution in [0.25, 0.3) is 0 Å². The quantitative estimate of drug-likeness (QED) is 0.548. The first-order valence-corrected chi connectivity index (χ1v) is 2.72. The molecule has 0 aromatic carbocycles. The van der Waals surface area contributed by atoms with Gasteiger partial charge >= 0.3 is 6.09 Å². The molecule has 0 saturated heterocycles. The van der Waals surface area contributed by atoms with E-state index in [1.54, 1.807) is 0 Å². The number of carbonyl (C=O) groups is 1. The van der Waals surface area contributed by atoms with Crippen molar-refractivity contribution in [1.29, 1.82) is 0 Å². The number of carbonyl (C=O) groups excluding carboxylic acids is 1. The highest BCUT2D eigenvalue weighted by Gasteiger charge is 1.92. The molecule has 0 spiro atoms. The van der Waals surface area contributed by atoms with E-state index >= 15 is 0 Å². The molecule has 0 unspecified atom stereocenters. The molecule has 0 bridgehead atoms. The standard InChI is InChI=1S/C5H10NO2/c1-2-3-4-6-5(7)8/h6H,2-4H2,1H3. The van der Waals surface area contributed by atoms with Gasteiger partial charge < -0.3 is 5.32 Å². The highest BCUT2D eigenvalue weighted by atomic mass is 16.4. The molecule has 0 fully saturated rings. The summed E-state index contributed by atoms with van der Waals surface area (Å²) >= 11 is 0. The van der Waals surface area contributed by atoms with Crippen LogP contribution in [0, 0.1) is 0 Å². The third-order valence-corrected chi connectivity index (χ3v) is 0.800. The van der Waals surface area contributed by atoms with Crippen LogP contribution < -0.4 is 5.32 Å². The minimum absolute atomic E-state index is 0.513. The fourth-order valence-electron chi connectivity index (χ4n) is 0.367. The fraction of sp³-hybridized carbons (Fsp3) is 0.800. The van der Waals surface area contributed by atoms with Gasteiger partial charge in [0.1, 0.15) is 0 Å². The Bertz CT molecular complexity index is 72.8. The van der Waals surface area contributed by atoms with Crippen LogP contribution in [0.5, 0.6) is 0 Å². The summed E-state index contributed by atoms with van der Waals surface area (Å²) in [6.07, 6.45) is 0.701. The summed E-state index contributed by atoms with van der Waals surface area (Å²) in [6, 6.07) is 0. The zero-order chi connectivity index (χ0) is 6.41. The lowest BCUT2D eigenvalue weighted by Gasteiger charge is -1.92. The largest absolute Gasteiger partial charge is 0.450 e. The van der Waals surface area contributed by atoms with Crippen molar-refractivity contribution in [3.05, 3.63) is 0 Å². The lowest BCUT2D eigenvalue weighted by Crippen LogP contribution is -2.20. The first-order chi connectivity index (χ1) is 3.77. The molecule has 0 aliphatic carbocycles. The molecule has 3 heteroatoms.